The Labute approximate surface area is 99.2 Å². The van der Waals surface area contributed by atoms with E-state index >= 15 is 0 Å². The van der Waals surface area contributed by atoms with Crippen molar-refractivity contribution in [1.82, 2.24) is 0 Å². The Morgan fingerprint density at radius 2 is 2.29 bits per heavy atom. The number of aliphatic carboxylic acids is 1. The first-order valence-electron chi connectivity index (χ1n) is 5.70. The first-order valence-corrected chi connectivity index (χ1v) is 5.70. The van der Waals surface area contributed by atoms with Crippen LogP contribution in [0.3, 0.4) is 0 Å². The fraction of sp³-hybridized carbons (Fsp3) is 0.462. The Kier molecular flexibility index (Phi) is 3.43. The summed E-state index contributed by atoms with van der Waals surface area (Å²) in [5.41, 5.74) is 1.26. The van der Waals surface area contributed by atoms with E-state index < -0.39 is 23.8 Å². The Morgan fingerprint density at radius 1 is 1.53 bits per heavy atom. The minimum absolute atomic E-state index is 0.358. The Hall–Kier alpha value is -1.42. The molecule has 1 aromatic rings. The molecule has 1 aliphatic rings. The summed E-state index contributed by atoms with van der Waals surface area (Å²) in [6, 6.07) is 4.69. The maximum absolute atomic E-state index is 13.7. The van der Waals surface area contributed by atoms with Crippen molar-refractivity contribution in [3.05, 3.63) is 35.1 Å². The van der Waals surface area contributed by atoms with Gasteiger partial charge in [0.25, 0.3) is 0 Å². The lowest BCUT2D eigenvalue weighted by molar-refractivity contribution is -0.152. The molecule has 1 fully saturated rings. The van der Waals surface area contributed by atoms with E-state index in [9.17, 15) is 9.18 Å². The van der Waals surface area contributed by atoms with E-state index in [0.717, 1.165) is 5.56 Å². The Morgan fingerprint density at radius 3 is 3.00 bits per heavy atom. The van der Waals surface area contributed by atoms with E-state index in [1.165, 1.54) is 6.07 Å². The number of hydrogen-bond acceptors (Lipinski definition) is 2. The largest absolute Gasteiger partial charge is 0.481 e. The van der Waals surface area contributed by atoms with Crippen LogP contribution in [0.25, 0.3) is 0 Å². The number of benzene rings is 1. The number of carboxylic acid groups (broad SMARTS) is 1. The summed E-state index contributed by atoms with van der Waals surface area (Å²) in [4.78, 5) is 11.1. The van der Waals surface area contributed by atoms with Crippen molar-refractivity contribution in [2.45, 2.75) is 25.9 Å². The van der Waals surface area contributed by atoms with Crippen LogP contribution in [-0.4, -0.2) is 17.7 Å². The van der Waals surface area contributed by atoms with Crippen molar-refractivity contribution in [1.29, 1.82) is 0 Å². The predicted molar refractivity (Wildman–Crippen MR) is 60.2 cm³/mol. The number of carbonyl (C=O) groups is 1. The molecular weight excluding hydrogens is 223 g/mol. The van der Waals surface area contributed by atoms with Crippen molar-refractivity contribution in [2.75, 3.05) is 6.61 Å². The average molecular weight is 238 g/mol. The maximum Gasteiger partial charge on any atom is 0.309 e. The molecule has 0 bridgehead atoms. The third kappa shape index (κ3) is 2.47. The van der Waals surface area contributed by atoms with Crippen molar-refractivity contribution in [3.63, 3.8) is 0 Å². The van der Waals surface area contributed by atoms with Gasteiger partial charge in [-0.05, 0) is 25.8 Å². The van der Waals surface area contributed by atoms with Crippen LogP contribution in [0, 0.1) is 18.7 Å². The summed E-state index contributed by atoms with van der Waals surface area (Å²) < 4.78 is 19.2. The van der Waals surface area contributed by atoms with Crippen molar-refractivity contribution < 1.29 is 19.0 Å². The van der Waals surface area contributed by atoms with Gasteiger partial charge >= 0.3 is 5.97 Å². The number of aryl methyl sites for hydroxylation is 1. The molecule has 92 valence electrons. The number of rotatable bonds is 2. The molecular formula is C13H15FO3. The summed E-state index contributed by atoms with van der Waals surface area (Å²) in [5, 5.41) is 9.13. The molecule has 0 amide bonds. The molecule has 0 aliphatic carbocycles. The lowest BCUT2D eigenvalue weighted by Crippen LogP contribution is -2.29. The van der Waals surface area contributed by atoms with Gasteiger partial charge in [-0.1, -0.05) is 17.7 Å². The molecule has 1 heterocycles. The molecule has 0 saturated carbocycles. The van der Waals surface area contributed by atoms with Crippen LogP contribution < -0.4 is 0 Å². The number of ether oxygens (including phenoxy) is 1. The lowest BCUT2D eigenvalue weighted by atomic mass is 9.89. The molecule has 2 rings (SSSR count). The van der Waals surface area contributed by atoms with Crippen LogP contribution in [0.2, 0.25) is 0 Å². The zero-order valence-corrected chi connectivity index (χ0v) is 9.65. The normalized spacial score (nSPS) is 24.6. The van der Waals surface area contributed by atoms with E-state index in [1.54, 1.807) is 12.1 Å². The standard InChI is InChI=1S/C13H15FO3/c1-8-4-5-11(14)10(7-8)12-9(13(15)16)3-2-6-17-12/h4-5,7,9,12H,2-3,6H2,1H3,(H,15,16). The van der Waals surface area contributed by atoms with E-state index in [4.69, 9.17) is 9.84 Å². The molecule has 0 radical (unpaired) electrons. The van der Waals surface area contributed by atoms with Gasteiger partial charge < -0.3 is 9.84 Å². The van der Waals surface area contributed by atoms with Gasteiger partial charge in [0.2, 0.25) is 0 Å². The SMILES string of the molecule is Cc1ccc(F)c(C2OCCCC2C(=O)O)c1. The van der Waals surface area contributed by atoms with Crippen LogP contribution >= 0.6 is 0 Å². The van der Waals surface area contributed by atoms with Crippen LogP contribution in [0.15, 0.2) is 18.2 Å². The second-order valence-electron chi connectivity index (χ2n) is 4.40. The fourth-order valence-electron chi connectivity index (χ4n) is 2.22. The van der Waals surface area contributed by atoms with Crippen molar-refractivity contribution in [2.24, 2.45) is 5.92 Å². The minimum atomic E-state index is -0.921. The highest BCUT2D eigenvalue weighted by Gasteiger charge is 2.34. The third-order valence-corrected chi connectivity index (χ3v) is 3.10. The zero-order chi connectivity index (χ0) is 12.4. The lowest BCUT2D eigenvalue weighted by Gasteiger charge is -2.29. The molecule has 3 nitrogen and oxygen atoms in total. The second kappa shape index (κ2) is 4.84. The van der Waals surface area contributed by atoms with Gasteiger partial charge in [0.05, 0.1) is 12.0 Å². The third-order valence-electron chi connectivity index (χ3n) is 3.10. The van der Waals surface area contributed by atoms with Crippen molar-refractivity contribution >= 4 is 5.97 Å². The topological polar surface area (TPSA) is 46.5 Å². The van der Waals surface area contributed by atoms with Crippen LogP contribution in [-0.2, 0) is 9.53 Å². The van der Waals surface area contributed by atoms with Crippen LogP contribution in [0.5, 0.6) is 0 Å². The molecule has 0 spiro atoms. The van der Waals surface area contributed by atoms with E-state index in [0.29, 0.717) is 25.0 Å². The average Bonchev–Trinajstić information content (AvgIpc) is 2.32. The highest BCUT2D eigenvalue weighted by Crippen LogP contribution is 2.35. The Bertz CT molecular complexity index is 431. The molecule has 4 heteroatoms. The van der Waals surface area contributed by atoms with Gasteiger partial charge in [-0.3, -0.25) is 4.79 Å². The van der Waals surface area contributed by atoms with Gasteiger partial charge in [-0.15, -0.1) is 0 Å². The van der Waals surface area contributed by atoms with Gasteiger partial charge in [0.1, 0.15) is 5.82 Å². The summed E-state index contributed by atoms with van der Waals surface area (Å²) in [5.74, 6) is -1.97. The second-order valence-corrected chi connectivity index (χ2v) is 4.40. The number of hydrogen-bond donors (Lipinski definition) is 1. The molecule has 1 N–H and O–H groups in total. The summed E-state index contributed by atoms with van der Waals surface area (Å²) in [6.45, 7) is 2.34. The molecule has 0 aromatic heterocycles. The van der Waals surface area contributed by atoms with Gasteiger partial charge in [-0.2, -0.15) is 0 Å². The molecule has 1 saturated heterocycles. The summed E-state index contributed by atoms with van der Waals surface area (Å²) >= 11 is 0. The Balaban J connectivity index is 2.35. The fourth-order valence-corrected chi connectivity index (χ4v) is 2.22. The van der Waals surface area contributed by atoms with E-state index in [2.05, 4.69) is 0 Å². The monoisotopic (exact) mass is 238 g/mol. The molecule has 2 atom stereocenters. The smallest absolute Gasteiger partial charge is 0.309 e. The maximum atomic E-state index is 13.7. The molecule has 1 aliphatic heterocycles. The number of halogens is 1. The molecule has 2 unspecified atom stereocenters. The first-order chi connectivity index (χ1) is 8.09. The summed E-state index contributed by atoms with van der Waals surface area (Å²) in [6.07, 6.45) is 0.579. The first kappa shape index (κ1) is 12.0. The van der Waals surface area contributed by atoms with Gasteiger partial charge in [0.15, 0.2) is 0 Å². The minimum Gasteiger partial charge on any atom is -0.481 e. The van der Waals surface area contributed by atoms with E-state index in [-0.39, 0.29) is 0 Å². The van der Waals surface area contributed by atoms with Crippen LogP contribution in [0.4, 0.5) is 4.39 Å². The van der Waals surface area contributed by atoms with Gasteiger partial charge in [-0.25, -0.2) is 4.39 Å². The van der Waals surface area contributed by atoms with Gasteiger partial charge in [0, 0.05) is 12.2 Å². The zero-order valence-electron chi connectivity index (χ0n) is 9.65. The molecule has 1 aromatic carbocycles. The predicted octanol–water partition coefficient (Wildman–Crippen LogP) is 2.69. The van der Waals surface area contributed by atoms with Crippen LogP contribution in [0.1, 0.15) is 30.1 Å². The highest BCUT2D eigenvalue weighted by atomic mass is 19.1. The van der Waals surface area contributed by atoms with E-state index in [1.807, 2.05) is 6.92 Å². The van der Waals surface area contributed by atoms with Crippen molar-refractivity contribution in [3.8, 4) is 0 Å². The highest BCUT2D eigenvalue weighted by molar-refractivity contribution is 5.71. The molecule has 17 heavy (non-hydrogen) atoms. The summed E-state index contributed by atoms with van der Waals surface area (Å²) in [7, 11) is 0. The quantitative estimate of drug-likeness (QED) is 0.861. The number of carboxylic acids is 1.